The van der Waals surface area contributed by atoms with Crippen LogP contribution < -0.4 is 4.74 Å². The third kappa shape index (κ3) is 3.92. The summed E-state index contributed by atoms with van der Waals surface area (Å²) in [6.07, 6.45) is 4.31. The first kappa shape index (κ1) is 17.3. The largest absolute Gasteiger partial charge is 0.497 e. The Balaban J connectivity index is 1.43. The molecule has 2 saturated heterocycles. The van der Waals surface area contributed by atoms with E-state index in [0.717, 1.165) is 38.2 Å². The number of methoxy groups -OCH3 is 1. The second-order valence-electron chi connectivity index (χ2n) is 7.79. The van der Waals surface area contributed by atoms with Crippen molar-refractivity contribution < 1.29 is 14.3 Å². The summed E-state index contributed by atoms with van der Waals surface area (Å²) in [5, 5.41) is 0. The maximum atomic E-state index is 11.8. The van der Waals surface area contributed by atoms with Crippen LogP contribution in [0.4, 0.5) is 0 Å². The summed E-state index contributed by atoms with van der Waals surface area (Å²) in [7, 11) is 1.70. The first-order chi connectivity index (χ1) is 11.5. The molecule has 0 amide bonds. The predicted molar refractivity (Wildman–Crippen MR) is 94.3 cm³/mol. The molecule has 0 saturated carbocycles. The molecule has 0 bridgehead atoms. The molecule has 0 unspecified atom stereocenters. The molecule has 2 aliphatic rings. The zero-order chi connectivity index (χ0) is 17.2. The topological polar surface area (TPSA) is 38.8 Å². The molecule has 3 rings (SSSR count). The van der Waals surface area contributed by atoms with Crippen LogP contribution in [0.1, 0.15) is 51.0 Å². The van der Waals surface area contributed by atoms with Gasteiger partial charge in [0.2, 0.25) is 0 Å². The van der Waals surface area contributed by atoms with E-state index < -0.39 is 0 Å². The van der Waals surface area contributed by atoms with Crippen LogP contribution in [-0.4, -0.2) is 43.7 Å². The molecule has 1 aromatic rings. The van der Waals surface area contributed by atoms with Crippen molar-refractivity contribution in [3.63, 3.8) is 0 Å². The van der Waals surface area contributed by atoms with Gasteiger partial charge < -0.3 is 14.4 Å². The Morgan fingerprint density at radius 2 is 1.88 bits per heavy atom. The lowest BCUT2D eigenvalue weighted by Gasteiger charge is -2.32. The van der Waals surface area contributed by atoms with E-state index in [-0.39, 0.29) is 17.5 Å². The van der Waals surface area contributed by atoms with Crippen LogP contribution in [0, 0.1) is 5.41 Å². The number of cyclic esters (lactones) is 1. The van der Waals surface area contributed by atoms with Gasteiger partial charge in [0, 0.05) is 6.54 Å². The van der Waals surface area contributed by atoms with Crippen LogP contribution in [0.15, 0.2) is 24.3 Å². The van der Waals surface area contributed by atoms with Gasteiger partial charge in [-0.05, 0) is 76.2 Å². The molecular formula is C20H29NO3. The number of rotatable bonds is 5. The summed E-state index contributed by atoms with van der Waals surface area (Å²) in [6.45, 7) is 7.25. The van der Waals surface area contributed by atoms with Crippen LogP contribution in [0.25, 0.3) is 0 Å². The summed E-state index contributed by atoms with van der Waals surface area (Å²) < 4.78 is 10.7. The number of esters is 1. The van der Waals surface area contributed by atoms with Crippen molar-refractivity contribution in [2.24, 2.45) is 5.41 Å². The third-order valence-corrected chi connectivity index (χ3v) is 5.51. The highest BCUT2D eigenvalue weighted by molar-refractivity contribution is 5.78. The Hall–Kier alpha value is -1.55. The minimum absolute atomic E-state index is 0.0364. The van der Waals surface area contributed by atoms with Crippen molar-refractivity contribution in [1.82, 2.24) is 4.90 Å². The van der Waals surface area contributed by atoms with E-state index in [0.29, 0.717) is 5.92 Å². The summed E-state index contributed by atoms with van der Waals surface area (Å²) in [5.74, 6) is 1.53. The molecule has 1 aromatic carbocycles. The van der Waals surface area contributed by atoms with Crippen molar-refractivity contribution in [1.29, 1.82) is 0 Å². The van der Waals surface area contributed by atoms with Gasteiger partial charge in [0.1, 0.15) is 11.9 Å². The fourth-order valence-electron chi connectivity index (χ4n) is 3.86. The monoisotopic (exact) mass is 331 g/mol. The maximum Gasteiger partial charge on any atom is 0.311 e. The molecule has 2 aliphatic heterocycles. The highest BCUT2D eigenvalue weighted by Gasteiger charge is 2.41. The summed E-state index contributed by atoms with van der Waals surface area (Å²) in [5.41, 5.74) is 1.12. The number of piperidine rings is 1. The number of likely N-dealkylation sites (tertiary alicyclic amines) is 1. The SMILES string of the molecule is COc1ccc(C2CCN(CC[C@H]3CC(C)(C)C(=O)O3)CC2)cc1. The third-order valence-electron chi connectivity index (χ3n) is 5.51. The fraction of sp³-hybridized carbons (Fsp3) is 0.650. The lowest BCUT2D eigenvalue weighted by atomic mass is 9.88. The van der Waals surface area contributed by atoms with Crippen LogP contribution in [0.2, 0.25) is 0 Å². The molecule has 132 valence electrons. The lowest BCUT2D eigenvalue weighted by Crippen LogP contribution is -2.35. The Morgan fingerprint density at radius 3 is 2.42 bits per heavy atom. The average molecular weight is 331 g/mol. The molecule has 0 N–H and O–H groups in total. The van der Waals surface area contributed by atoms with Gasteiger partial charge in [-0.3, -0.25) is 4.79 Å². The van der Waals surface area contributed by atoms with Crippen molar-refractivity contribution in [2.45, 2.75) is 51.6 Å². The van der Waals surface area contributed by atoms with Gasteiger partial charge in [0.15, 0.2) is 0 Å². The number of carbonyl (C=O) groups is 1. The standard InChI is InChI=1S/C20H29NO3/c1-20(2)14-18(24-19(20)22)10-13-21-11-8-16(9-12-21)15-4-6-17(23-3)7-5-15/h4-7,16,18H,8-14H2,1-3H3/t18-/m0/s1. The van der Waals surface area contributed by atoms with E-state index in [1.54, 1.807) is 7.11 Å². The van der Waals surface area contributed by atoms with Gasteiger partial charge in [0.25, 0.3) is 0 Å². The quantitative estimate of drug-likeness (QED) is 0.773. The number of carbonyl (C=O) groups excluding carboxylic acids is 1. The molecule has 0 aliphatic carbocycles. The van der Waals surface area contributed by atoms with Crippen molar-refractivity contribution >= 4 is 5.97 Å². The molecule has 0 radical (unpaired) electrons. The second kappa shape index (κ2) is 7.14. The normalized spacial score (nSPS) is 24.8. The maximum absolute atomic E-state index is 11.8. The number of hydrogen-bond acceptors (Lipinski definition) is 4. The van der Waals surface area contributed by atoms with Crippen LogP contribution in [0.5, 0.6) is 5.75 Å². The molecule has 0 aromatic heterocycles. The highest BCUT2D eigenvalue weighted by atomic mass is 16.6. The minimum atomic E-state index is -0.300. The van der Waals surface area contributed by atoms with Crippen LogP contribution in [0.3, 0.4) is 0 Å². The summed E-state index contributed by atoms with van der Waals surface area (Å²) in [4.78, 5) is 14.3. The molecule has 24 heavy (non-hydrogen) atoms. The molecule has 1 atom stereocenters. The van der Waals surface area contributed by atoms with Crippen LogP contribution >= 0.6 is 0 Å². The Labute approximate surface area is 145 Å². The molecule has 4 heteroatoms. The van der Waals surface area contributed by atoms with Crippen molar-refractivity contribution in [3.8, 4) is 5.75 Å². The fourth-order valence-corrected chi connectivity index (χ4v) is 3.86. The van der Waals surface area contributed by atoms with Gasteiger partial charge >= 0.3 is 5.97 Å². The zero-order valence-electron chi connectivity index (χ0n) is 15.1. The van der Waals surface area contributed by atoms with Crippen molar-refractivity contribution in [2.75, 3.05) is 26.7 Å². The van der Waals surface area contributed by atoms with Gasteiger partial charge in [-0.25, -0.2) is 0 Å². The number of hydrogen-bond donors (Lipinski definition) is 0. The first-order valence-corrected chi connectivity index (χ1v) is 9.05. The van der Waals surface area contributed by atoms with E-state index in [1.165, 1.54) is 18.4 Å². The van der Waals surface area contributed by atoms with E-state index in [2.05, 4.69) is 29.2 Å². The lowest BCUT2D eigenvalue weighted by molar-refractivity contribution is -0.147. The van der Waals surface area contributed by atoms with Crippen molar-refractivity contribution in [3.05, 3.63) is 29.8 Å². The van der Waals surface area contributed by atoms with Gasteiger partial charge in [0.05, 0.1) is 12.5 Å². The second-order valence-corrected chi connectivity index (χ2v) is 7.79. The molecule has 2 heterocycles. The molecule has 0 spiro atoms. The minimum Gasteiger partial charge on any atom is -0.497 e. The van der Waals surface area contributed by atoms with Crippen LogP contribution in [-0.2, 0) is 9.53 Å². The highest BCUT2D eigenvalue weighted by Crippen LogP contribution is 2.35. The number of ether oxygens (including phenoxy) is 2. The van der Waals surface area contributed by atoms with E-state index in [9.17, 15) is 4.79 Å². The predicted octanol–water partition coefficient (Wildman–Crippen LogP) is 3.61. The van der Waals surface area contributed by atoms with E-state index >= 15 is 0 Å². The smallest absolute Gasteiger partial charge is 0.311 e. The molecule has 4 nitrogen and oxygen atoms in total. The summed E-state index contributed by atoms with van der Waals surface area (Å²) >= 11 is 0. The molecule has 2 fully saturated rings. The van der Waals surface area contributed by atoms with E-state index in [4.69, 9.17) is 9.47 Å². The summed E-state index contributed by atoms with van der Waals surface area (Å²) in [6, 6.07) is 8.49. The Morgan fingerprint density at radius 1 is 1.21 bits per heavy atom. The molecular weight excluding hydrogens is 302 g/mol. The van der Waals surface area contributed by atoms with Gasteiger partial charge in [-0.1, -0.05) is 12.1 Å². The van der Waals surface area contributed by atoms with E-state index in [1.807, 2.05) is 13.8 Å². The van der Waals surface area contributed by atoms with Gasteiger partial charge in [-0.15, -0.1) is 0 Å². The average Bonchev–Trinajstić information content (AvgIpc) is 2.86. The Kier molecular flexibility index (Phi) is 5.14. The number of nitrogens with zero attached hydrogens (tertiary/aromatic N) is 1. The number of benzene rings is 1. The zero-order valence-corrected chi connectivity index (χ0v) is 15.1. The first-order valence-electron chi connectivity index (χ1n) is 9.05. The Bertz CT molecular complexity index is 559. The van der Waals surface area contributed by atoms with Gasteiger partial charge in [-0.2, -0.15) is 0 Å².